The van der Waals surface area contributed by atoms with Gasteiger partial charge >= 0.3 is 0 Å². The monoisotopic (exact) mass is 363 g/mol. The average molecular weight is 363 g/mol. The van der Waals surface area contributed by atoms with Crippen LogP contribution >= 0.6 is 11.3 Å². The number of fused-ring (bicyclic) bond motifs is 7. The Labute approximate surface area is 161 Å². The Hall–Kier alpha value is -3.10. The lowest BCUT2D eigenvalue weighted by Gasteiger charge is -2.05. The SMILES string of the molecule is Cn1c2cccc(-c3ccccc3)c2c2c3c(ccc21)sc1ccccc13. The highest BCUT2D eigenvalue weighted by Gasteiger charge is 2.17. The summed E-state index contributed by atoms with van der Waals surface area (Å²) in [5.41, 5.74) is 5.16. The summed E-state index contributed by atoms with van der Waals surface area (Å²) in [5.74, 6) is 0. The zero-order chi connectivity index (χ0) is 18.0. The Morgan fingerprint density at radius 1 is 0.593 bits per heavy atom. The molecule has 6 aromatic rings. The van der Waals surface area contributed by atoms with E-state index < -0.39 is 0 Å². The molecular formula is C25H17NS. The third-order valence-corrected chi connectivity index (χ3v) is 6.76. The van der Waals surface area contributed by atoms with Gasteiger partial charge in [0.2, 0.25) is 0 Å². The molecule has 6 rings (SSSR count). The normalized spacial score (nSPS) is 11.9. The summed E-state index contributed by atoms with van der Waals surface area (Å²) in [5, 5.41) is 5.48. The molecule has 0 spiro atoms. The smallest absolute Gasteiger partial charge is 0.0496 e. The summed E-state index contributed by atoms with van der Waals surface area (Å²) < 4.78 is 5.05. The van der Waals surface area contributed by atoms with Crippen LogP contribution in [0, 0.1) is 0 Å². The Kier molecular flexibility index (Phi) is 3.03. The van der Waals surface area contributed by atoms with E-state index in [2.05, 4.69) is 96.5 Å². The van der Waals surface area contributed by atoms with Crippen molar-refractivity contribution in [1.82, 2.24) is 4.57 Å². The molecule has 0 bridgehead atoms. The van der Waals surface area contributed by atoms with Crippen molar-refractivity contribution in [3.8, 4) is 11.1 Å². The quantitative estimate of drug-likeness (QED) is 0.287. The summed E-state index contributed by atoms with van der Waals surface area (Å²) in [6, 6.07) is 30.7. The van der Waals surface area contributed by atoms with Crippen LogP contribution in [0.4, 0.5) is 0 Å². The molecule has 128 valence electrons. The molecule has 2 heterocycles. The molecule has 4 aromatic carbocycles. The van der Waals surface area contributed by atoms with Crippen molar-refractivity contribution in [2.24, 2.45) is 7.05 Å². The minimum Gasteiger partial charge on any atom is -0.344 e. The molecule has 1 nitrogen and oxygen atoms in total. The van der Waals surface area contributed by atoms with Gasteiger partial charge in [0.25, 0.3) is 0 Å². The van der Waals surface area contributed by atoms with Crippen LogP contribution in [0.15, 0.2) is 84.9 Å². The highest BCUT2D eigenvalue weighted by molar-refractivity contribution is 7.26. The molecule has 0 amide bonds. The number of thiophene rings is 1. The molecule has 0 N–H and O–H groups in total. The lowest BCUT2D eigenvalue weighted by atomic mass is 9.97. The molecule has 0 aliphatic carbocycles. The fourth-order valence-electron chi connectivity index (χ4n) is 4.41. The van der Waals surface area contributed by atoms with Crippen molar-refractivity contribution in [1.29, 1.82) is 0 Å². The second-order valence-electron chi connectivity index (χ2n) is 7.06. The number of hydrogen-bond donors (Lipinski definition) is 0. The second kappa shape index (κ2) is 5.45. The van der Waals surface area contributed by atoms with Crippen LogP contribution in [0.3, 0.4) is 0 Å². The number of aromatic nitrogens is 1. The van der Waals surface area contributed by atoms with E-state index in [9.17, 15) is 0 Å². The maximum atomic E-state index is 2.34. The van der Waals surface area contributed by atoms with Crippen LogP contribution in [-0.4, -0.2) is 4.57 Å². The Balaban J connectivity index is 1.93. The number of nitrogens with zero attached hydrogens (tertiary/aromatic N) is 1. The first-order valence-corrected chi connectivity index (χ1v) is 10.0. The van der Waals surface area contributed by atoms with Gasteiger partial charge in [0.15, 0.2) is 0 Å². The molecule has 2 aromatic heterocycles. The van der Waals surface area contributed by atoms with E-state index in [0.717, 1.165) is 0 Å². The predicted octanol–water partition coefficient (Wildman–Crippen LogP) is 7.37. The highest BCUT2D eigenvalue weighted by Crippen LogP contribution is 2.44. The first-order valence-electron chi connectivity index (χ1n) is 9.20. The summed E-state index contributed by atoms with van der Waals surface area (Å²) in [4.78, 5) is 0. The third kappa shape index (κ3) is 1.99. The number of hydrogen-bond acceptors (Lipinski definition) is 1. The van der Waals surface area contributed by atoms with Gasteiger partial charge < -0.3 is 4.57 Å². The van der Waals surface area contributed by atoms with Crippen LogP contribution in [0.25, 0.3) is 53.1 Å². The van der Waals surface area contributed by atoms with Crippen molar-refractivity contribution in [2.45, 2.75) is 0 Å². The van der Waals surface area contributed by atoms with E-state index in [0.29, 0.717) is 0 Å². The minimum atomic E-state index is 1.27. The predicted molar refractivity (Wildman–Crippen MR) is 119 cm³/mol. The Morgan fingerprint density at radius 3 is 2.26 bits per heavy atom. The lowest BCUT2D eigenvalue weighted by molar-refractivity contribution is 1.01. The first-order chi connectivity index (χ1) is 13.3. The minimum absolute atomic E-state index is 1.27. The van der Waals surface area contributed by atoms with Crippen LogP contribution in [0.5, 0.6) is 0 Å². The van der Waals surface area contributed by atoms with E-state index in [4.69, 9.17) is 0 Å². The van der Waals surface area contributed by atoms with Gasteiger partial charge in [-0.1, -0.05) is 60.7 Å². The van der Waals surface area contributed by atoms with Crippen molar-refractivity contribution < 1.29 is 0 Å². The topological polar surface area (TPSA) is 4.93 Å². The van der Waals surface area contributed by atoms with Crippen molar-refractivity contribution in [2.75, 3.05) is 0 Å². The van der Waals surface area contributed by atoms with Crippen LogP contribution in [-0.2, 0) is 7.05 Å². The maximum absolute atomic E-state index is 2.34. The number of benzene rings is 4. The van der Waals surface area contributed by atoms with Gasteiger partial charge in [-0.25, -0.2) is 0 Å². The highest BCUT2D eigenvalue weighted by atomic mass is 32.1. The Morgan fingerprint density at radius 2 is 1.37 bits per heavy atom. The molecule has 0 unspecified atom stereocenters. The van der Waals surface area contributed by atoms with E-state index in [1.54, 1.807) is 0 Å². The molecule has 0 atom stereocenters. The van der Waals surface area contributed by atoms with Gasteiger partial charge in [0, 0.05) is 49.0 Å². The molecular weight excluding hydrogens is 346 g/mol. The zero-order valence-electron chi connectivity index (χ0n) is 14.9. The average Bonchev–Trinajstić information content (AvgIpc) is 3.24. The first kappa shape index (κ1) is 15.0. The fraction of sp³-hybridized carbons (Fsp3) is 0.0400. The van der Waals surface area contributed by atoms with E-state index >= 15 is 0 Å². The summed E-state index contributed by atoms with van der Waals surface area (Å²) in [6.45, 7) is 0. The van der Waals surface area contributed by atoms with Gasteiger partial charge in [-0.2, -0.15) is 0 Å². The molecule has 2 heteroatoms. The number of rotatable bonds is 1. The van der Waals surface area contributed by atoms with Gasteiger partial charge in [-0.15, -0.1) is 11.3 Å². The molecule has 0 fully saturated rings. The van der Waals surface area contributed by atoms with E-state index in [-0.39, 0.29) is 0 Å². The van der Waals surface area contributed by atoms with Gasteiger partial charge in [0.1, 0.15) is 0 Å². The van der Waals surface area contributed by atoms with Gasteiger partial charge in [0.05, 0.1) is 0 Å². The van der Waals surface area contributed by atoms with Crippen molar-refractivity contribution in [3.05, 3.63) is 84.9 Å². The second-order valence-corrected chi connectivity index (χ2v) is 8.14. The van der Waals surface area contributed by atoms with Crippen LogP contribution in [0.1, 0.15) is 0 Å². The van der Waals surface area contributed by atoms with Crippen LogP contribution < -0.4 is 0 Å². The molecule has 0 aliphatic rings. The molecule has 0 aliphatic heterocycles. The molecule has 0 radical (unpaired) electrons. The molecule has 0 saturated heterocycles. The fourth-order valence-corrected chi connectivity index (χ4v) is 5.52. The largest absolute Gasteiger partial charge is 0.344 e. The zero-order valence-corrected chi connectivity index (χ0v) is 15.8. The molecule has 27 heavy (non-hydrogen) atoms. The maximum Gasteiger partial charge on any atom is 0.0496 e. The third-order valence-electron chi connectivity index (χ3n) is 5.62. The number of aryl methyl sites for hydroxylation is 1. The van der Waals surface area contributed by atoms with E-state index in [1.165, 1.54) is 53.1 Å². The van der Waals surface area contributed by atoms with Gasteiger partial charge in [-0.3, -0.25) is 0 Å². The van der Waals surface area contributed by atoms with Gasteiger partial charge in [-0.05, 0) is 35.4 Å². The standard InChI is InChI=1S/C25H17NS/c1-26-19-12-7-11-17(16-8-3-2-4-9-16)23(19)25-20(26)14-15-22-24(25)18-10-5-6-13-21(18)27-22/h2-15H,1H3. The van der Waals surface area contributed by atoms with Crippen molar-refractivity contribution in [3.63, 3.8) is 0 Å². The lowest BCUT2D eigenvalue weighted by Crippen LogP contribution is -1.86. The summed E-state index contributed by atoms with van der Waals surface area (Å²) >= 11 is 1.89. The molecule has 0 saturated carbocycles. The summed E-state index contributed by atoms with van der Waals surface area (Å²) in [6.07, 6.45) is 0. The van der Waals surface area contributed by atoms with E-state index in [1.807, 2.05) is 11.3 Å². The summed E-state index contributed by atoms with van der Waals surface area (Å²) in [7, 11) is 2.18. The Bertz CT molecular complexity index is 1470. The van der Waals surface area contributed by atoms with Crippen LogP contribution in [0.2, 0.25) is 0 Å². The van der Waals surface area contributed by atoms with Crippen molar-refractivity contribution >= 4 is 53.3 Å².